The van der Waals surface area contributed by atoms with Crippen LogP contribution in [0.25, 0.3) is 0 Å². The van der Waals surface area contributed by atoms with Crippen molar-refractivity contribution < 1.29 is 19.0 Å². The lowest BCUT2D eigenvalue weighted by Gasteiger charge is -2.25. The summed E-state index contributed by atoms with van der Waals surface area (Å²) in [6.07, 6.45) is 2.79. The molecule has 5 nitrogen and oxygen atoms in total. The number of ether oxygens (including phenoxy) is 3. The predicted octanol–water partition coefficient (Wildman–Crippen LogP) is 3.74. The maximum Gasteiger partial charge on any atom is 0.227 e. The maximum absolute atomic E-state index is 12.6. The van der Waals surface area contributed by atoms with Gasteiger partial charge < -0.3 is 19.5 Å². The number of carbonyl (C=O) groups excluding carboxylic acids is 1. The van der Waals surface area contributed by atoms with E-state index in [2.05, 4.69) is 12.2 Å². The third kappa shape index (κ3) is 5.16. The van der Waals surface area contributed by atoms with Gasteiger partial charge in [0.15, 0.2) is 0 Å². The third-order valence-corrected chi connectivity index (χ3v) is 4.68. The summed E-state index contributed by atoms with van der Waals surface area (Å²) >= 11 is 0. The highest BCUT2D eigenvalue weighted by atomic mass is 16.5. The molecule has 1 atom stereocenters. The molecular formula is C22H27NO4. The summed E-state index contributed by atoms with van der Waals surface area (Å²) in [5.41, 5.74) is 2.03. The zero-order chi connectivity index (χ0) is 19.1. The molecule has 3 rings (SSSR count). The van der Waals surface area contributed by atoms with E-state index >= 15 is 0 Å². The van der Waals surface area contributed by atoms with E-state index in [-0.39, 0.29) is 11.8 Å². The smallest absolute Gasteiger partial charge is 0.227 e. The van der Waals surface area contributed by atoms with E-state index in [1.54, 1.807) is 7.11 Å². The van der Waals surface area contributed by atoms with Crippen LogP contribution in [0.2, 0.25) is 0 Å². The number of hydrogen-bond donors (Lipinski definition) is 1. The first-order valence-electron chi connectivity index (χ1n) is 9.48. The Balaban J connectivity index is 1.54. The fraction of sp³-hybridized carbons (Fsp3) is 0.409. The highest BCUT2D eigenvalue weighted by Crippen LogP contribution is 2.30. The Morgan fingerprint density at radius 2 is 2.11 bits per heavy atom. The first kappa shape index (κ1) is 19.1. The topological polar surface area (TPSA) is 56.8 Å². The summed E-state index contributed by atoms with van der Waals surface area (Å²) in [4.78, 5) is 12.6. The minimum absolute atomic E-state index is 0.000717. The summed E-state index contributed by atoms with van der Waals surface area (Å²) in [7, 11) is 1.63. The molecule has 1 amide bonds. The number of rotatable bonds is 8. The normalized spacial score (nSPS) is 15.4. The second-order valence-electron chi connectivity index (χ2n) is 6.75. The zero-order valence-corrected chi connectivity index (χ0v) is 16.0. The Labute approximate surface area is 160 Å². The molecule has 2 aromatic rings. The molecule has 2 aromatic carbocycles. The molecule has 5 heteroatoms. The Bertz CT molecular complexity index is 775. The number of unbranched alkanes of at least 4 members (excludes halogenated alkanes) is 1. The molecule has 0 spiro atoms. The fourth-order valence-corrected chi connectivity index (χ4v) is 3.08. The SMILES string of the molecule is CCCCOc1cccc(CNC(=O)C2COc3ccc(OC)cc3C2)c1. The summed E-state index contributed by atoms with van der Waals surface area (Å²) in [6, 6.07) is 13.6. The largest absolute Gasteiger partial charge is 0.497 e. The maximum atomic E-state index is 12.6. The average Bonchev–Trinajstić information content (AvgIpc) is 2.71. The van der Waals surface area contributed by atoms with Gasteiger partial charge in [-0.2, -0.15) is 0 Å². The van der Waals surface area contributed by atoms with Crippen LogP contribution in [0.1, 0.15) is 30.9 Å². The van der Waals surface area contributed by atoms with Crippen molar-refractivity contribution in [2.75, 3.05) is 20.3 Å². The Morgan fingerprint density at radius 3 is 2.93 bits per heavy atom. The molecule has 0 saturated carbocycles. The lowest BCUT2D eigenvalue weighted by molar-refractivity contribution is -0.126. The predicted molar refractivity (Wildman–Crippen MR) is 104 cm³/mol. The van der Waals surface area contributed by atoms with Crippen molar-refractivity contribution in [1.82, 2.24) is 5.32 Å². The number of benzene rings is 2. The molecule has 1 N–H and O–H groups in total. The monoisotopic (exact) mass is 369 g/mol. The van der Waals surface area contributed by atoms with Crippen molar-refractivity contribution in [3.05, 3.63) is 53.6 Å². The number of methoxy groups -OCH3 is 1. The molecule has 1 aliphatic rings. The van der Waals surface area contributed by atoms with E-state index in [1.807, 2.05) is 42.5 Å². The quantitative estimate of drug-likeness (QED) is 0.720. The second-order valence-corrected chi connectivity index (χ2v) is 6.75. The van der Waals surface area contributed by atoms with Crippen molar-refractivity contribution in [1.29, 1.82) is 0 Å². The van der Waals surface area contributed by atoms with E-state index in [4.69, 9.17) is 14.2 Å². The van der Waals surface area contributed by atoms with E-state index in [0.29, 0.717) is 26.2 Å². The molecule has 1 aliphatic heterocycles. The van der Waals surface area contributed by atoms with Gasteiger partial charge in [-0.15, -0.1) is 0 Å². The van der Waals surface area contributed by atoms with E-state index in [1.165, 1.54) is 0 Å². The van der Waals surface area contributed by atoms with Crippen molar-refractivity contribution in [2.24, 2.45) is 5.92 Å². The van der Waals surface area contributed by atoms with Crippen molar-refractivity contribution >= 4 is 5.91 Å². The molecule has 0 aromatic heterocycles. The van der Waals surface area contributed by atoms with Crippen molar-refractivity contribution in [2.45, 2.75) is 32.7 Å². The van der Waals surface area contributed by atoms with Crippen LogP contribution in [0.5, 0.6) is 17.2 Å². The van der Waals surface area contributed by atoms with Crippen LogP contribution >= 0.6 is 0 Å². The van der Waals surface area contributed by atoms with Crippen LogP contribution in [-0.2, 0) is 17.8 Å². The van der Waals surface area contributed by atoms with Crippen LogP contribution in [-0.4, -0.2) is 26.2 Å². The molecule has 0 saturated heterocycles. The molecule has 0 bridgehead atoms. The summed E-state index contributed by atoms with van der Waals surface area (Å²) in [5, 5.41) is 3.02. The molecule has 0 aliphatic carbocycles. The van der Waals surface area contributed by atoms with Gasteiger partial charge in [-0.25, -0.2) is 0 Å². The molecule has 0 radical (unpaired) electrons. The van der Waals surface area contributed by atoms with Crippen LogP contribution < -0.4 is 19.5 Å². The standard InChI is InChI=1S/C22H27NO4/c1-3-4-10-26-20-7-5-6-16(11-20)14-23-22(24)18-12-17-13-19(25-2)8-9-21(17)27-15-18/h5-9,11,13,18H,3-4,10,12,14-15H2,1-2H3,(H,23,24). The molecule has 27 heavy (non-hydrogen) atoms. The molecule has 1 unspecified atom stereocenters. The highest BCUT2D eigenvalue weighted by Gasteiger charge is 2.26. The minimum Gasteiger partial charge on any atom is -0.497 e. The van der Waals surface area contributed by atoms with Gasteiger partial charge >= 0.3 is 0 Å². The number of hydrogen-bond acceptors (Lipinski definition) is 4. The van der Waals surface area contributed by atoms with Gasteiger partial charge in [0.05, 0.1) is 19.6 Å². The Kier molecular flexibility index (Phi) is 6.58. The van der Waals surface area contributed by atoms with Crippen molar-refractivity contribution in [3.8, 4) is 17.2 Å². The number of amides is 1. The lowest BCUT2D eigenvalue weighted by atomic mass is 9.95. The summed E-state index contributed by atoms with van der Waals surface area (Å²) in [6.45, 7) is 3.73. The van der Waals surface area contributed by atoms with Gasteiger partial charge in [-0.3, -0.25) is 4.79 Å². The van der Waals surface area contributed by atoms with Gasteiger partial charge in [-0.05, 0) is 54.3 Å². The molecule has 0 fully saturated rings. The van der Waals surface area contributed by atoms with Gasteiger partial charge in [0.25, 0.3) is 0 Å². The van der Waals surface area contributed by atoms with E-state index < -0.39 is 0 Å². The van der Waals surface area contributed by atoms with Gasteiger partial charge in [0.1, 0.15) is 23.9 Å². The number of carbonyl (C=O) groups is 1. The Morgan fingerprint density at radius 1 is 1.22 bits per heavy atom. The molecule has 144 valence electrons. The van der Waals surface area contributed by atoms with Gasteiger partial charge in [-0.1, -0.05) is 25.5 Å². The first-order valence-corrected chi connectivity index (χ1v) is 9.48. The summed E-state index contributed by atoms with van der Waals surface area (Å²) in [5.74, 6) is 2.25. The van der Waals surface area contributed by atoms with E-state index in [9.17, 15) is 4.79 Å². The van der Waals surface area contributed by atoms with Gasteiger partial charge in [0.2, 0.25) is 5.91 Å². The van der Waals surface area contributed by atoms with Gasteiger partial charge in [0, 0.05) is 6.54 Å². The lowest BCUT2D eigenvalue weighted by Crippen LogP contribution is -2.37. The molecular weight excluding hydrogens is 342 g/mol. The second kappa shape index (κ2) is 9.31. The van der Waals surface area contributed by atoms with Crippen LogP contribution in [0.3, 0.4) is 0 Å². The Hall–Kier alpha value is -2.69. The van der Waals surface area contributed by atoms with E-state index in [0.717, 1.165) is 41.2 Å². The zero-order valence-electron chi connectivity index (χ0n) is 16.0. The van der Waals surface area contributed by atoms with Crippen LogP contribution in [0.4, 0.5) is 0 Å². The number of fused-ring (bicyclic) bond motifs is 1. The van der Waals surface area contributed by atoms with Crippen LogP contribution in [0.15, 0.2) is 42.5 Å². The first-order chi connectivity index (χ1) is 13.2. The third-order valence-electron chi connectivity index (χ3n) is 4.68. The van der Waals surface area contributed by atoms with Crippen molar-refractivity contribution in [3.63, 3.8) is 0 Å². The minimum atomic E-state index is -0.200. The molecule has 1 heterocycles. The highest BCUT2D eigenvalue weighted by molar-refractivity contribution is 5.79. The summed E-state index contributed by atoms with van der Waals surface area (Å²) < 4.78 is 16.7. The number of nitrogens with one attached hydrogen (secondary N) is 1. The van der Waals surface area contributed by atoms with Crippen LogP contribution in [0, 0.1) is 5.92 Å². The fourth-order valence-electron chi connectivity index (χ4n) is 3.08. The average molecular weight is 369 g/mol.